The molecule has 1 unspecified atom stereocenters. The molecule has 338 valence electrons. The first-order valence-corrected chi connectivity index (χ1v) is 22.5. The van der Waals surface area contributed by atoms with Crippen LogP contribution in [0.2, 0.25) is 0 Å². The lowest BCUT2D eigenvalue weighted by atomic mass is 9.85. The summed E-state index contributed by atoms with van der Waals surface area (Å²) in [5, 5.41) is 23.9. The molecule has 5 amide bonds. The molecule has 1 aliphatic heterocycles. The van der Waals surface area contributed by atoms with E-state index in [1.807, 2.05) is 121 Å². The number of nitrogens with one attached hydrogen (secondary N) is 4. The fourth-order valence-corrected chi connectivity index (χ4v) is 8.10. The van der Waals surface area contributed by atoms with Gasteiger partial charge in [-0.25, -0.2) is 4.79 Å². The van der Waals surface area contributed by atoms with E-state index in [2.05, 4.69) is 26.3 Å². The molecule has 2 aromatic carbocycles. The van der Waals surface area contributed by atoms with E-state index in [4.69, 9.17) is 4.74 Å². The Bertz CT molecular complexity index is 1860. The zero-order valence-corrected chi connectivity index (χ0v) is 37.8. The number of alkyl carbamates (subject to hydrolysis) is 1. The molecule has 0 spiro atoms. The third-order valence-electron chi connectivity index (χ3n) is 12.0. The number of unbranched alkanes of at least 4 members (excludes halogenated alkanes) is 1. The quantitative estimate of drug-likeness (QED) is 0.0680. The lowest BCUT2D eigenvalue weighted by Crippen LogP contribution is -2.59. The minimum Gasteiger partial charge on any atom is -0.445 e. The first-order valence-electron chi connectivity index (χ1n) is 22.5. The molecule has 1 aromatic heterocycles. The van der Waals surface area contributed by atoms with Crippen molar-refractivity contribution < 1.29 is 33.8 Å². The van der Waals surface area contributed by atoms with E-state index in [9.17, 15) is 29.1 Å². The maximum absolute atomic E-state index is 14.7. The standard InChI is InChI=1S/C49H70N6O7/c1-8-10-24-41(55-27-25-49(47(55)60,30-36-19-13-11-14-20-36)54-48(61)62-32-37-21-15-12-16-22-37)45(58)52-40(28-33(3)4)42(56)29-39(34(5)6)44(57)53-43(35(7)9-2)46(59)51-31-38-23-17-18-26-50-38/h11-23,26,33-35,39-43,56H,8-10,24-25,27-32H2,1-7H3,(H,51,59)(H,52,58)(H,53,57)(H,54,61)/t35-,39+,40+,41+,42+,43+,49?/m1/s1. The maximum atomic E-state index is 14.7. The highest BCUT2D eigenvalue weighted by Gasteiger charge is 2.51. The Morgan fingerprint density at radius 1 is 0.839 bits per heavy atom. The highest BCUT2D eigenvalue weighted by Crippen LogP contribution is 2.31. The van der Waals surface area contributed by atoms with Gasteiger partial charge in [0.2, 0.25) is 23.6 Å². The number of benzene rings is 2. The first-order chi connectivity index (χ1) is 29.7. The number of aliphatic hydroxyl groups excluding tert-OH is 1. The zero-order valence-electron chi connectivity index (χ0n) is 37.8. The Kier molecular flexibility index (Phi) is 19.4. The minimum absolute atomic E-state index is 0.0346. The second kappa shape index (κ2) is 24.4. The molecule has 1 aliphatic rings. The summed E-state index contributed by atoms with van der Waals surface area (Å²) in [7, 11) is 0. The van der Waals surface area contributed by atoms with Gasteiger partial charge in [-0.1, -0.05) is 134 Å². The van der Waals surface area contributed by atoms with Crippen molar-refractivity contribution in [2.75, 3.05) is 6.54 Å². The highest BCUT2D eigenvalue weighted by atomic mass is 16.5. The van der Waals surface area contributed by atoms with Crippen molar-refractivity contribution in [2.45, 2.75) is 143 Å². The number of pyridine rings is 1. The van der Waals surface area contributed by atoms with Crippen LogP contribution in [0.5, 0.6) is 0 Å². The number of nitrogens with zero attached hydrogens (tertiary/aromatic N) is 2. The van der Waals surface area contributed by atoms with E-state index in [0.717, 1.165) is 17.5 Å². The first kappa shape index (κ1) is 49.4. The average Bonchev–Trinajstić information content (AvgIpc) is 3.56. The van der Waals surface area contributed by atoms with Gasteiger partial charge < -0.3 is 36.0 Å². The van der Waals surface area contributed by atoms with Crippen LogP contribution in [0.4, 0.5) is 4.79 Å². The second-order valence-corrected chi connectivity index (χ2v) is 17.6. The molecule has 1 fully saturated rings. The summed E-state index contributed by atoms with van der Waals surface area (Å²) in [6.07, 6.45) is 3.25. The molecular weight excluding hydrogens is 785 g/mol. The van der Waals surface area contributed by atoms with Crippen LogP contribution in [0.3, 0.4) is 0 Å². The molecule has 0 bridgehead atoms. The zero-order chi connectivity index (χ0) is 45.2. The van der Waals surface area contributed by atoms with Gasteiger partial charge in [-0.15, -0.1) is 0 Å². The number of aromatic nitrogens is 1. The summed E-state index contributed by atoms with van der Waals surface area (Å²) in [5.74, 6) is -2.38. The van der Waals surface area contributed by atoms with E-state index in [1.165, 1.54) is 0 Å². The number of carbonyl (C=O) groups excluding carboxylic acids is 5. The molecule has 5 N–H and O–H groups in total. The van der Waals surface area contributed by atoms with Crippen molar-refractivity contribution in [3.63, 3.8) is 0 Å². The average molecular weight is 855 g/mol. The van der Waals surface area contributed by atoms with Gasteiger partial charge in [0, 0.05) is 25.1 Å². The van der Waals surface area contributed by atoms with Gasteiger partial charge >= 0.3 is 6.09 Å². The Balaban J connectivity index is 1.52. The van der Waals surface area contributed by atoms with Crippen LogP contribution in [0.1, 0.15) is 110 Å². The van der Waals surface area contributed by atoms with Crippen LogP contribution >= 0.6 is 0 Å². The Labute approximate surface area is 368 Å². The Morgan fingerprint density at radius 2 is 1.50 bits per heavy atom. The molecule has 13 heteroatoms. The number of likely N-dealkylation sites (tertiary alicyclic amines) is 1. The predicted octanol–water partition coefficient (Wildman–Crippen LogP) is 6.48. The van der Waals surface area contributed by atoms with Crippen LogP contribution in [-0.2, 0) is 43.5 Å². The summed E-state index contributed by atoms with van der Waals surface area (Å²) < 4.78 is 5.59. The van der Waals surface area contributed by atoms with Crippen molar-refractivity contribution >= 4 is 29.7 Å². The molecule has 3 aromatic rings. The summed E-state index contributed by atoms with van der Waals surface area (Å²) in [4.78, 5) is 75.9. The molecule has 7 atom stereocenters. The van der Waals surface area contributed by atoms with Crippen LogP contribution < -0.4 is 21.3 Å². The Hall–Kier alpha value is -5.30. The summed E-state index contributed by atoms with van der Waals surface area (Å²) in [5.41, 5.74) is 1.01. The normalized spacial score (nSPS) is 18.0. The lowest BCUT2D eigenvalue weighted by molar-refractivity contribution is -0.141. The predicted molar refractivity (Wildman–Crippen MR) is 240 cm³/mol. The van der Waals surface area contributed by atoms with Gasteiger partial charge in [-0.2, -0.15) is 0 Å². The molecule has 4 rings (SSSR count). The number of carbonyl (C=O) groups is 5. The van der Waals surface area contributed by atoms with Crippen molar-refractivity contribution in [3.8, 4) is 0 Å². The SMILES string of the molecule is CCCC[C@@H](C(=O)N[C@@H](CC(C)C)[C@@H](O)C[C@H](C(=O)N[C@H](C(=O)NCc1ccccn1)[C@H](C)CC)C(C)C)N1CCC(Cc2ccccc2)(NC(=O)OCc2ccccc2)C1=O. The van der Waals surface area contributed by atoms with Crippen LogP contribution in [-0.4, -0.2) is 81.0 Å². The molecule has 62 heavy (non-hydrogen) atoms. The molecule has 2 heterocycles. The van der Waals surface area contributed by atoms with Gasteiger partial charge in [-0.05, 0) is 66.7 Å². The highest BCUT2D eigenvalue weighted by molar-refractivity contribution is 5.96. The fraction of sp³-hybridized carbons (Fsp3) is 0.551. The van der Waals surface area contributed by atoms with Crippen LogP contribution in [0, 0.1) is 23.7 Å². The Morgan fingerprint density at radius 3 is 2.10 bits per heavy atom. The van der Waals surface area contributed by atoms with E-state index in [0.29, 0.717) is 31.4 Å². The van der Waals surface area contributed by atoms with Gasteiger partial charge in [0.25, 0.3) is 0 Å². The number of aliphatic hydroxyl groups is 1. The fourth-order valence-electron chi connectivity index (χ4n) is 8.10. The number of rotatable bonds is 24. The van der Waals surface area contributed by atoms with Gasteiger partial charge in [0.15, 0.2) is 0 Å². The van der Waals surface area contributed by atoms with Gasteiger partial charge in [-0.3, -0.25) is 24.2 Å². The monoisotopic (exact) mass is 855 g/mol. The van der Waals surface area contributed by atoms with Gasteiger partial charge in [0.1, 0.15) is 24.2 Å². The second-order valence-electron chi connectivity index (χ2n) is 17.6. The third kappa shape index (κ3) is 14.4. The number of amides is 5. The van der Waals surface area contributed by atoms with Gasteiger partial charge in [0.05, 0.1) is 24.4 Å². The van der Waals surface area contributed by atoms with E-state index in [-0.39, 0.29) is 74.4 Å². The summed E-state index contributed by atoms with van der Waals surface area (Å²) in [6.45, 7) is 14.2. The van der Waals surface area contributed by atoms with Crippen molar-refractivity contribution in [2.24, 2.45) is 23.7 Å². The third-order valence-corrected chi connectivity index (χ3v) is 12.0. The van der Waals surface area contributed by atoms with Crippen LogP contribution in [0.25, 0.3) is 0 Å². The number of ether oxygens (including phenoxy) is 1. The maximum Gasteiger partial charge on any atom is 0.408 e. The topological polar surface area (TPSA) is 179 Å². The van der Waals surface area contributed by atoms with Crippen molar-refractivity contribution in [1.29, 1.82) is 0 Å². The summed E-state index contributed by atoms with van der Waals surface area (Å²) in [6, 6.07) is 21.8. The molecular formula is C49H70N6O7. The molecule has 0 aliphatic carbocycles. The van der Waals surface area contributed by atoms with E-state index < -0.39 is 47.7 Å². The molecule has 0 radical (unpaired) electrons. The molecule has 0 saturated carbocycles. The van der Waals surface area contributed by atoms with Crippen molar-refractivity contribution in [3.05, 3.63) is 102 Å². The molecule has 1 saturated heterocycles. The van der Waals surface area contributed by atoms with E-state index >= 15 is 0 Å². The van der Waals surface area contributed by atoms with E-state index in [1.54, 1.807) is 17.2 Å². The smallest absolute Gasteiger partial charge is 0.408 e. The summed E-state index contributed by atoms with van der Waals surface area (Å²) >= 11 is 0. The largest absolute Gasteiger partial charge is 0.445 e. The van der Waals surface area contributed by atoms with Crippen molar-refractivity contribution in [1.82, 2.24) is 31.2 Å². The number of hydrogen-bond acceptors (Lipinski definition) is 8. The lowest BCUT2D eigenvalue weighted by Gasteiger charge is -2.34. The van der Waals surface area contributed by atoms with Crippen LogP contribution in [0.15, 0.2) is 85.1 Å². The molecule has 13 nitrogen and oxygen atoms in total. The minimum atomic E-state index is -1.35. The number of hydrogen-bond donors (Lipinski definition) is 5.